The third-order valence-corrected chi connectivity index (χ3v) is 4.02. The Bertz CT molecular complexity index is 807. The number of alkyl halides is 3. The van der Waals surface area contributed by atoms with Crippen LogP contribution in [0.15, 0.2) is 48.5 Å². The Morgan fingerprint density at radius 1 is 1.15 bits per heavy atom. The van der Waals surface area contributed by atoms with Crippen LogP contribution in [0.2, 0.25) is 0 Å². The molecule has 2 N–H and O–H groups in total. The molecule has 27 heavy (non-hydrogen) atoms. The molecule has 2 aromatic carbocycles. The number of nitro benzene ring substituents is 1. The van der Waals surface area contributed by atoms with Gasteiger partial charge in [-0.15, -0.1) is 0 Å². The molecule has 2 aromatic rings. The average molecular weight is 382 g/mol. The maximum absolute atomic E-state index is 13.0. The number of quaternary nitrogens is 1. The van der Waals surface area contributed by atoms with Crippen LogP contribution in [0, 0.1) is 10.1 Å². The number of nitrogens with zero attached hydrogens (tertiary/aromatic N) is 1. The van der Waals surface area contributed by atoms with Gasteiger partial charge in [-0.3, -0.25) is 14.9 Å². The summed E-state index contributed by atoms with van der Waals surface area (Å²) in [4.78, 5) is 23.2. The highest BCUT2D eigenvalue weighted by Gasteiger charge is 2.33. The molecule has 0 heterocycles. The van der Waals surface area contributed by atoms with Crippen molar-refractivity contribution in [3.63, 3.8) is 0 Å². The molecule has 0 saturated heterocycles. The summed E-state index contributed by atoms with van der Waals surface area (Å²) in [7, 11) is 0. The second kappa shape index (κ2) is 8.63. The maximum atomic E-state index is 13.0. The Morgan fingerprint density at radius 2 is 1.78 bits per heavy atom. The molecule has 144 valence electrons. The lowest BCUT2D eigenvalue weighted by Crippen LogP contribution is -3.11. The zero-order chi connectivity index (χ0) is 20.0. The van der Waals surface area contributed by atoms with Crippen LogP contribution in [-0.4, -0.2) is 23.9 Å². The van der Waals surface area contributed by atoms with Gasteiger partial charge in [-0.25, -0.2) is 0 Å². The summed E-state index contributed by atoms with van der Waals surface area (Å²) in [6, 6.07) is 10.8. The van der Waals surface area contributed by atoms with E-state index in [9.17, 15) is 28.1 Å². The van der Waals surface area contributed by atoms with Crippen molar-refractivity contribution in [3.05, 3.63) is 69.8 Å². The highest BCUT2D eigenvalue weighted by atomic mass is 19.4. The second-order valence-electron chi connectivity index (χ2n) is 5.97. The van der Waals surface area contributed by atoms with Gasteiger partial charge in [-0.1, -0.05) is 12.1 Å². The van der Waals surface area contributed by atoms with Gasteiger partial charge >= 0.3 is 6.18 Å². The first-order chi connectivity index (χ1) is 12.7. The largest absolute Gasteiger partial charge is 0.418 e. The van der Waals surface area contributed by atoms with Gasteiger partial charge in [0.05, 0.1) is 22.7 Å². The molecule has 0 aliphatic rings. The summed E-state index contributed by atoms with van der Waals surface area (Å²) in [6.45, 7) is 2.80. The number of anilines is 1. The van der Waals surface area contributed by atoms with E-state index in [2.05, 4.69) is 5.32 Å². The van der Waals surface area contributed by atoms with Crippen LogP contribution in [0.3, 0.4) is 0 Å². The first kappa shape index (κ1) is 20.4. The molecule has 9 heteroatoms. The SMILES string of the molecule is CC[NH+](CC(=O)Nc1ccccc1C(F)(F)F)Cc1ccc([N+](=O)[O-])cc1. The minimum Gasteiger partial charge on any atom is -0.324 e. The fraction of sp³-hybridized carbons (Fsp3) is 0.278. The Balaban J connectivity index is 2.02. The third kappa shape index (κ3) is 5.78. The van der Waals surface area contributed by atoms with E-state index in [1.165, 1.54) is 30.3 Å². The van der Waals surface area contributed by atoms with Gasteiger partial charge in [-0.2, -0.15) is 13.2 Å². The molecule has 0 bridgehead atoms. The molecule has 0 fully saturated rings. The Morgan fingerprint density at radius 3 is 2.33 bits per heavy atom. The van der Waals surface area contributed by atoms with Crippen molar-refractivity contribution in [2.75, 3.05) is 18.4 Å². The number of carbonyl (C=O) groups excluding carboxylic acids is 1. The molecule has 0 saturated carbocycles. The number of hydrogen-bond acceptors (Lipinski definition) is 3. The maximum Gasteiger partial charge on any atom is 0.418 e. The van der Waals surface area contributed by atoms with Crippen LogP contribution < -0.4 is 10.2 Å². The number of non-ortho nitro benzene ring substituents is 1. The number of nitrogens with one attached hydrogen (secondary N) is 2. The van der Waals surface area contributed by atoms with Crippen molar-refractivity contribution < 1.29 is 27.8 Å². The van der Waals surface area contributed by atoms with Gasteiger partial charge in [0, 0.05) is 17.7 Å². The first-order valence-corrected chi connectivity index (χ1v) is 8.23. The number of para-hydroxylation sites is 1. The number of rotatable bonds is 7. The monoisotopic (exact) mass is 382 g/mol. The quantitative estimate of drug-likeness (QED) is 0.571. The van der Waals surface area contributed by atoms with E-state index in [0.717, 1.165) is 16.5 Å². The zero-order valence-corrected chi connectivity index (χ0v) is 14.5. The number of nitro groups is 1. The highest BCUT2D eigenvalue weighted by Crippen LogP contribution is 2.34. The van der Waals surface area contributed by atoms with Gasteiger partial charge in [0.15, 0.2) is 6.54 Å². The zero-order valence-electron chi connectivity index (χ0n) is 14.5. The number of halogens is 3. The van der Waals surface area contributed by atoms with Crippen LogP contribution in [0.1, 0.15) is 18.1 Å². The molecule has 0 aromatic heterocycles. The van der Waals surface area contributed by atoms with E-state index in [1.807, 2.05) is 6.92 Å². The van der Waals surface area contributed by atoms with Crippen LogP contribution in [-0.2, 0) is 17.5 Å². The summed E-state index contributed by atoms with van der Waals surface area (Å²) in [5.74, 6) is -0.537. The van der Waals surface area contributed by atoms with Crippen molar-refractivity contribution >= 4 is 17.3 Å². The minimum absolute atomic E-state index is 0.0281. The topological polar surface area (TPSA) is 76.7 Å². The smallest absolute Gasteiger partial charge is 0.324 e. The van der Waals surface area contributed by atoms with E-state index < -0.39 is 22.6 Å². The summed E-state index contributed by atoms with van der Waals surface area (Å²) in [5, 5.41) is 13.0. The lowest BCUT2D eigenvalue weighted by molar-refractivity contribution is -0.903. The van der Waals surface area contributed by atoms with Gasteiger partial charge in [0.1, 0.15) is 6.54 Å². The summed E-state index contributed by atoms with van der Waals surface area (Å²) < 4.78 is 39.0. The van der Waals surface area contributed by atoms with E-state index >= 15 is 0 Å². The second-order valence-corrected chi connectivity index (χ2v) is 5.97. The summed E-state index contributed by atoms with van der Waals surface area (Å²) >= 11 is 0. The molecule has 1 atom stereocenters. The fourth-order valence-electron chi connectivity index (χ4n) is 2.60. The highest BCUT2D eigenvalue weighted by molar-refractivity contribution is 5.92. The molecule has 0 aliphatic carbocycles. The van der Waals surface area contributed by atoms with Crippen molar-refractivity contribution in [1.29, 1.82) is 0 Å². The van der Waals surface area contributed by atoms with E-state index in [4.69, 9.17) is 0 Å². The predicted molar refractivity (Wildman–Crippen MR) is 93.2 cm³/mol. The molecule has 0 aliphatic heterocycles. The van der Waals surface area contributed by atoms with Gasteiger partial charge < -0.3 is 10.2 Å². The lowest BCUT2D eigenvalue weighted by Gasteiger charge is -2.18. The fourth-order valence-corrected chi connectivity index (χ4v) is 2.60. The van der Waals surface area contributed by atoms with Gasteiger partial charge in [0.2, 0.25) is 0 Å². The molecule has 2 rings (SSSR count). The number of benzene rings is 2. The van der Waals surface area contributed by atoms with E-state index in [1.54, 1.807) is 12.1 Å². The van der Waals surface area contributed by atoms with Crippen LogP contribution in [0.4, 0.5) is 24.5 Å². The number of likely N-dealkylation sites (N-methyl/N-ethyl adjacent to an activating group) is 1. The van der Waals surface area contributed by atoms with Crippen molar-refractivity contribution in [2.45, 2.75) is 19.6 Å². The molecule has 1 amide bonds. The minimum atomic E-state index is -4.56. The lowest BCUT2D eigenvalue weighted by atomic mass is 10.1. The van der Waals surface area contributed by atoms with E-state index in [-0.39, 0.29) is 17.9 Å². The Kier molecular flexibility index (Phi) is 6.51. The molecule has 6 nitrogen and oxygen atoms in total. The van der Waals surface area contributed by atoms with Gasteiger partial charge in [0.25, 0.3) is 11.6 Å². The number of amides is 1. The number of hydrogen-bond donors (Lipinski definition) is 2. The standard InChI is InChI=1S/C18H18F3N3O3/c1-2-23(11-13-7-9-14(10-8-13)24(26)27)12-17(25)22-16-6-4-3-5-15(16)18(19,20)21/h3-10H,2,11-12H2,1H3,(H,22,25)/p+1. The molecular weight excluding hydrogens is 363 g/mol. The van der Waals surface area contributed by atoms with Crippen LogP contribution in [0.25, 0.3) is 0 Å². The summed E-state index contributed by atoms with van der Waals surface area (Å²) in [5.41, 5.74) is -0.410. The normalized spacial score (nSPS) is 12.4. The molecule has 1 unspecified atom stereocenters. The van der Waals surface area contributed by atoms with Crippen LogP contribution in [0.5, 0.6) is 0 Å². The van der Waals surface area contributed by atoms with Crippen molar-refractivity contribution in [2.24, 2.45) is 0 Å². The third-order valence-electron chi connectivity index (χ3n) is 4.02. The molecular formula is C18H19F3N3O3+. The van der Waals surface area contributed by atoms with Gasteiger partial charge in [-0.05, 0) is 31.2 Å². The summed E-state index contributed by atoms with van der Waals surface area (Å²) in [6.07, 6.45) is -4.56. The van der Waals surface area contributed by atoms with Crippen molar-refractivity contribution in [1.82, 2.24) is 0 Å². The van der Waals surface area contributed by atoms with Crippen molar-refractivity contribution in [3.8, 4) is 0 Å². The Labute approximate surface area is 153 Å². The first-order valence-electron chi connectivity index (χ1n) is 8.23. The Hall–Kier alpha value is -2.94. The number of carbonyl (C=O) groups is 1. The van der Waals surface area contributed by atoms with Crippen LogP contribution >= 0.6 is 0 Å². The average Bonchev–Trinajstić information content (AvgIpc) is 2.61. The molecule has 0 radical (unpaired) electrons. The van der Waals surface area contributed by atoms with E-state index in [0.29, 0.717) is 13.1 Å². The molecule has 0 spiro atoms. The predicted octanol–water partition coefficient (Wildman–Crippen LogP) is 2.66.